The fourth-order valence-corrected chi connectivity index (χ4v) is 2.78. The highest BCUT2D eigenvalue weighted by molar-refractivity contribution is 5.79. The van der Waals surface area contributed by atoms with E-state index in [2.05, 4.69) is 6.92 Å². The molecule has 0 spiro atoms. The summed E-state index contributed by atoms with van der Waals surface area (Å²) in [4.78, 5) is 14.1. The molecule has 1 heterocycles. The van der Waals surface area contributed by atoms with Crippen LogP contribution in [0.4, 0.5) is 0 Å². The smallest absolute Gasteiger partial charge is 0.227 e. The van der Waals surface area contributed by atoms with E-state index in [9.17, 15) is 15.0 Å². The number of carbonyl (C=O) groups excluding carboxylic acids is 1. The van der Waals surface area contributed by atoms with Gasteiger partial charge < -0.3 is 15.1 Å². The van der Waals surface area contributed by atoms with Gasteiger partial charge in [0, 0.05) is 6.54 Å². The van der Waals surface area contributed by atoms with Gasteiger partial charge in [-0.05, 0) is 36.5 Å². The van der Waals surface area contributed by atoms with Crippen molar-refractivity contribution in [1.29, 1.82) is 0 Å². The Balaban J connectivity index is 2.06. The molecule has 0 radical (unpaired) electrons. The standard InChI is InChI=1S/C15H21NO3/c1-11-4-3-7-16(14(11)10-17)15(19)9-12-5-2-6-13(18)8-12/h2,5-6,8,11,14,17-18H,3-4,7,9-10H2,1H3/t11-,14+/m1/s1. The van der Waals surface area contributed by atoms with Crippen molar-refractivity contribution in [2.75, 3.05) is 13.2 Å². The summed E-state index contributed by atoms with van der Waals surface area (Å²) in [5.41, 5.74) is 0.805. The summed E-state index contributed by atoms with van der Waals surface area (Å²) in [7, 11) is 0. The monoisotopic (exact) mass is 263 g/mol. The SMILES string of the molecule is C[C@@H]1CCCN(C(=O)Cc2cccc(O)c2)[C@H]1CO. The van der Waals surface area contributed by atoms with Crippen molar-refractivity contribution in [1.82, 2.24) is 4.90 Å². The molecule has 0 aliphatic carbocycles. The number of benzene rings is 1. The number of rotatable bonds is 3. The lowest BCUT2D eigenvalue weighted by molar-refractivity contribution is -0.136. The number of likely N-dealkylation sites (tertiary alicyclic amines) is 1. The van der Waals surface area contributed by atoms with E-state index >= 15 is 0 Å². The van der Waals surface area contributed by atoms with Crippen LogP contribution in [-0.4, -0.2) is 40.2 Å². The number of aromatic hydroxyl groups is 1. The third kappa shape index (κ3) is 3.26. The second-order valence-electron chi connectivity index (χ2n) is 5.30. The van der Waals surface area contributed by atoms with E-state index in [1.165, 1.54) is 0 Å². The van der Waals surface area contributed by atoms with Gasteiger partial charge in [-0.1, -0.05) is 19.1 Å². The molecule has 0 unspecified atom stereocenters. The first-order valence-electron chi connectivity index (χ1n) is 6.80. The Morgan fingerprint density at radius 2 is 2.26 bits per heavy atom. The molecule has 0 aromatic heterocycles. The van der Waals surface area contributed by atoms with E-state index < -0.39 is 0 Å². The van der Waals surface area contributed by atoms with Gasteiger partial charge in [0.05, 0.1) is 19.1 Å². The maximum Gasteiger partial charge on any atom is 0.227 e. The molecule has 1 aromatic carbocycles. The van der Waals surface area contributed by atoms with Crippen LogP contribution in [0.3, 0.4) is 0 Å². The summed E-state index contributed by atoms with van der Waals surface area (Å²) in [6.45, 7) is 2.81. The predicted octanol–water partition coefficient (Wildman–Crippen LogP) is 1.55. The first kappa shape index (κ1) is 13.9. The van der Waals surface area contributed by atoms with Gasteiger partial charge in [-0.2, -0.15) is 0 Å². The van der Waals surface area contributed by atoms with E-state index in [0.717, 1.165) is 18.4 Å². The molecule has 1 aliphatic rings. The maximum atomic E-state index is 12.3. The number of phenols is 1. The van der Waals surface area contributed by atoms with Crippen molar-refractivity contribution in [3.05, 3.63) is 29.8 Å². The molecule has 1 amide bonds. The number of hydrogen-bond donors (Lipinski definition) is 2. The average molecular weight is 263 g/mol. The van der Waals surface area contributed by atoms with Gasteiger partial charge in [-0.15, -0.1) is 0 Å². The summed E-state index contributed by atoms with van der Waals surface area (Å²) in [6.07, 6.45) is 2.32. The van der Waals surface area contributed by atoms with E-state index in [1.54, 1.807) is 23.1 Å². The molecule has 1 saturated heterocycles. The zero-order valence-corrected chi connectivity index (χ0v) is 11.2. The van der Waals surface area contributed by atoms with Gasteiger partial charge in [-0.3, -0.25) is 4.79 Å². The predicted molar refractivity (Wildman–Crippen MR) is 72.8 cm³/mol. The van der Waals surface area contributed by atoms with E-state index in [0.29, 0.717) is 12.5 Å². The number of phenolic OH excluding ortho intramolecular Hbond substituents is 1. The van der Waals surface area contributed by atoms with Gasteiger partial charge >= 0.3 is 0 Å². The van der Waals surface area contributed by atoms with E-state index in [4.69, 9.17) is 0 Å². The maximum absolute atomic E-state index is 12.3. The number of aliphatic hydroxyl groups is 1. The lowest BCUT2D eigenvalue weighted by Crippen LogP contribution is -2.50. The van der Waals surface area contributed by atoms with Crippen LogP contribution in [0.5, 0.6) is 5.75 Å². The summed E-state index contributed by atoms with van der Waals surface area (Å²) in [5.74, 6) is 0.541. The Bertz CT molecular complexity index is 447. The fourth-order valence-electron chi connectivity index (χ4n) is 2.78. The second kappa shape index (κ2) is 6.06. The normalized spacial score (nSPS) is 23.4. The van der Waals surface area contributed by atoms with Crippen molar-refractivity contribution in [3.8, 4) is 5.75 Å². The molecule has 2 rings (SSSR count). The van der Waals surface area contributed by atoms with Crippen molar-refractivity contribution >= 4 is 5.91 Å². The van der Waals surface area contributed by atoms with Crippen molar-refractivity contribution in [2.45, 2.75) is 32.2 Å². The lowest BCUT2D eigenvalue weighted by Gasteiger charge is -2.39. The minimum Gasteiger partial charge on any atom is -0.508 e. The minimum atomic E-state index is -0.0708. The van der Waals surface area contributed by atoms with Crippen LogP contribution in [0, 0.1) is 5.92 Å². The highest BCUT2D eigenvalue weighted by atomic mass is 16.3. The number of aliphatic hydroxyl groups excluding tert-OH is 1. The quantitative estimate of drug-likeness (QED) is 0.870. The molecule has 0 bridgehead atoms. The average Bonchev–Trinajstić information content (AvgIpc) is 2.38. The number of nitrogens with zero attached hydrogens (tertiary/aromatic N) is 1. The van der Waals surface area contributed by atoms with E-state index in [1.807, 2.05) is 6.07 Å². The molecule has 1 fully saturated rings. The molecule has 4 heteroatoms. The third-order valence-electron chi connectivity index (χ3n) is 3.89. The van der Waals surface area contributed by atoms with Gasteiger partial charge in [0.1, 0.15) is 5.75 Å². The largest absolute Gasteiger partial charge is 0.508 e. The highest BCUT2D eigenvalue weighted by Crippen LogP contribution is 2.24. The number of amides is 1. The molecule has 19 heavy (non-hydrogen) atoms. The van der Waals surface area contributed by atoms with Crippen LogP contribution < -0.4 is 0 Å². The van der Waals surface area contributed by atoms with Crippen LogP contribution in [0.1, 0.15) is 25.3 Å². The van der Waals surface area contributed by atoms with Gasteiger partial charge in [-0.25, -0.2) is 0 Å². The highest BCUT2D eigenvalue weighted by Gasteiger charge is 2.30. The third-order valence-corrected chi connectivity index (χ3v) is 3.89. The summed E-state index contributed by atoms with van der Waals surface area (Å²) in [6, 6.07) is 6.70. The Morgan fingerprint density at radius 3 is 2.95 bits per heavy atom. The van der Waals surface area contributed by atoms with Crippen molar-refractivity contribution < 1.29 is 15.0 Å². The molecular weight excluding hydrogens is 242 g/mol. The Hall–Kier alpha value is -1.55. The summed E-state index contributed by atoms with van der Waals surface area (Å²) < 4.78 is 0. The Labute approximate surface area is 113 Å². The van der Waals surface area contributed by atoms with Gasteiger partial charge in [0.25, 0.3) is 0 Å². The lowest BCUT2D eigenvalue weighted by atomic mass is 9.91. The van der Waals surface area contributed by atoms with Crippen molar-refractivity contribution in [3.63, 3.8) is 0 Å². The van der Waals surface area contributed by atoms with Crippen LogP contribution in [0.15, 0.2) is 24.3 Å². The zero-order chi connectivity index (χ0) is 13.8. The zero-order valence-electron chi connectivity index (χ0n) is 11.2. The number of piperidine rings is 1. The molecule has 1 aliphatic heterocycles. The van der Waals surface area contributed by atoms with Gasteiger partial charge in [0.2, 0.25) is 5.91 Å². The first-order valence-corrected chi connectivity index (χ1v) is 6.80. The number of carbonyl (C=O) groups is 1. The second-order valence-corrected chi connectivity index (χ2v) is 5.30. The summed E-state index contributed by atoms with van der Waals surface area (Å²) in [5, 5.41) is 18.9. The van der Waals surface area contributed by atoms with Crippen LogP contribution in [0.2, 0.25) is 0 Å². The van der Waals surface area contributed by atoms with Crippen molar-refractivity contribution in [2.24, 2.45) is 5.92 Å². The molecular formula is C15H21NO3. The van der Waals surface area contributed by atoms with Gasteiger partial charge in [0.15, 0.2) is 0 Å². The van der Waals surface area contributed by atoms with Crippen LogP contribution in [0.25, 0.3) is 0 Å². The molecule has 2 N–H and O–H groups in total. The number of hydrogen-bond acceptors (Lipinski definition) is 3. The summed E-state index contributed by atoms with van der Waals surface area (Å²) >= 11 is 0. The Kier molecular flexibility index (Phi) is 4.43. The molecule has 104 valence electrons. The minimum absolute atomic E-state index is 0.0208. The Morgan fingerprint density at radius 1 is 1.47 bits per heavy atom. The first-order chi connectivity index (χ1) is 9.11. The van der Waals surface area contributed by atoms with E-state index in [-0.39, 0.29) is 30.7 Å². The molecule has 2 atom stereocenters. The molecule has 1 aromatic rings. The van der Waals surface area contributed by atoms with Crippen LogP contribution in [-0.2, 0) is 11.2 Å². The molecule has 4 nitrogen and oxygen atoms in total. The van der Waals surface area contributed by atoms with Crippen LogP contribution >= 0.6 is 0 Å². The molecule has 0 saturated carbocycles. The topological polar surface area (TPSA) is 60.8 Å². The fraction of sp³-hybridized carbons (Fsp3) is 0.533.